The van der Waals surface area contributed by atoms with Gasteiger partial charge >= 0.3 is 6.18 Å². The molecule has 0 N–H and O–H groups in total. The number of hydrogen-bond acceptors (Lipinski definition) is 2. The Bertz CT molecular complexity index is 690. The molecule has 2 aromatic heterocycles. The molecule has 23 heavy (non-hydrogen) atoms. The number of aryl methyl sites for hydroxylation is 1. The molecule has 0 spiro atoms. The highest BCUT2D eigenvalue weighted by atomic mass is 19.4. The summed E-state index contributed by atoms with van der Waals surface area (Å²) in [6.45, 7) is 0.0494. The van der Waals surface area contributed by atoms with Crippen molar-refractivity contribution in [1.82, 2.24) is 19.2 Å². The van der Waals surface area contributed by atoms with Gasteiger partial charge in [-0.15, -0.1) is 0 Å². The van der Waals surface area contributed by atoms with Gasteiger partial charge < -0.3 is 9.47 Å². The summed E-state index contributed by atoms with van der Waals surface area (Å²) in [6.07, 6.45) is 1.11. The first-order valence-corrected chi connectivity index (χ1v) is 7.39. The van der Waals surface area contributed by atoms with Gasteiger partial charge in [-0.1, -0.05) is 0 Å². The number of aromatic nitrogens is 3. The molecule has 1 amide bonds. The molecule has 3 heterocycles. The van der Waals surface area contributed by atoms with Gasteiger partial charge in [0, 0.05) is 32.5 Å². The third-order valence-corrected chi connectivity index (χ3v) is 4.16. The largest absolute Gasteiger partial charge is 0.393 e. The molecule has 5 nitrogen and oxygen atoms in total. The Morgan fingerprint density at radius 3 is 2.65 bits per heavy atom. The van der Waals surface area contributed by atoms with Crippen LogP contribution in [-0.2, 0) is 7.05 Å². The standard InChI is InChI=1S/C15H17F3N4O/c1-20-13(21-6-2-3-7-21)12(9-19-20)14(23)22-8-4-5-11(10-22)15(16,17)18/h2-3,6-7,9,11H,4-5,8,10H2,1H3/t11-/m1/s1. The molecule has 1 saturated heterocycles. The molecule has 0 bridgehead atoms. The van der Waals surface area contributed by atoms with Gasteiger partial charge in [-0.25, -0.2) is 0 Å². The summed E-state index contributed by atoms with van der Waals surface area (Å²) in [4.78, 5) is 14.0. The van der Waals surface area contributed by atoms with E-state index in [0.717, 1.165) is 0 Å². The molecular formula is C15H17F3N4O. The maximum atomic E-state index is 12.9. The van der Waals surface area contributed by atoms with Crippen LogP contribution in [0.4, 0.5) is 13.2 Å². The van der Waals surface area contributed by atoms with E-state index in [9.17, 15) is 18.0 Å². The van der Waals surface area contributed by atoms with Crippen LogP contribution >= 0.6 is 0 Å². The van der Waals surface area contributed by atoms with Crippen molar-refractivity contribution in [1.29, 1.82) is 0 Å². The molecule has 0 unspecified atom stereocenters. The Kier molecular flexibility index (Phi) is 3.91. The average molecular weight is 326 g/mol. The Morgan fingerprint density at radius 2 is 2.00 bits per heavy atom. The van der Waals surface area contributed by atoms with E-state index in [2.05, 4.69) is 5.10 Å². The Labute approximate surface area is 131 Å². The summed E-state index contributed by atoms with van der Waals surface area (Å²) < 4.78 is 42.1. The summed E-state index contributed by atoms with van der Waals surface area (Å²) in [5, 5.41) is 4.08. The Hall–Kier alpha value is -2.25. The van der Waals surface area contributed by atoms with Crippen molar-refractivity contribution in [3.8, 4) is 5.82 Å². The van der Waals surface area contributed by atoms with Gasteiger partial charge in [-0.2, -0.15) is 18.3 Å². The SMILES string of the molecule is Cn1ncc(C(=O)N2CCC[C@@H](C(F)(F)F)C2)c1-n1cccc1. The molecule has 124 valence electrons. The normalized spacial score (nSPS) is 19.1. The number of alkyl halides is 3. The van der Waals surface area contributed by atoms with E-state index in [0.29, 0.717) is 24.3 Å². The van der Waals surface area contributed by atoms with Gasteiger partial charge in [0.2, 0.25) is 0 Å². The molecule has 0 aliphatic carbocycles. The fourth-order valence-electron chi connectivity index (χ4n) is 2.96. The van der Waals surface area contributed by atoms with Crippen molar-refractivity contribution in [2.24, 2.45) is 13.0 Å². The molecule has 1 fully saturated rings. The number of likely N-dealkylation sites (tertiary alicyclic amines) is 1. The molecule has 3 rings (SSSR count). The quantitative estimate of drug-likeness (QED) is 0.851. The van der Waals surface area contributed by atoms with E-state index >= 15 is 0 Å². The van der Waals surface area contributed by atoms with E-state index < -0.39 is 18.0 Å². The minimum atomic E-state index is -4.27. The zero-order valence-electron chi connectivity index (χ0n) is 12.6. The van der Waals surface area contributed by atoms with Crippen molar-refractivity contribution in [2.45, 2.75) is 19.0 Å². The zero-order chi connectivity index (χ0) is 16.6. The number of carbonyl (C=O) groups is 1. The number of hydrogen-bond donors (Lipinski definition) is 0. The molecule has 8 heteroatoms. The van der Waals surface area contributed by atoms with Gasteiger partial charge in [-0.05, 0) is 25.0 Å². The van der Waals surface area contributed by atoms with Crippen LogP contribution in [0, 0.1) is 5.92 Å². The number of halogens is 3. The lowest BCUT2D eigenvalue weighted by molar-refractivity contribution is -0.184. The maximum Gasteiger partial charge on any atom is 0.393 e. The predicted octanol–water partition coefficient (Wildman–Crippen LogP) is 2.63. The second-order valence-corrected chi connectivity index (χ2v) is 5.73. The van der Waals surface area contributed by atoms with Gasteiger partial charge in [0.05, 0.1) is 12.1 Å². The van der Waals surface area contributed by atoms with Gasteiger partial charge in [-0.3, -0.25) is 9.48 Å². The molecule has 1 atom stereocenters. The van der Waals surface area contributed by atoms with Crippen molar-refractivity contribution in [2.75, 3.05) is 13.1 Å². The van der Waals surface area contributed by atoms with Gasteiger partial charge in [0.1, 0.15) is 11.4 Å². The van der Waals surface area contributed by atoms with E-state index in [4.69, 9.17) is 0 Å². The molecule has 0 aromatic carbocycles. The van der Waals surface area contributed by atoms with Crippen molar-refractivity contribution >= 4 is 5.91 Å². The number of rotatable bonds is 2. The van der Waals surface area contributed by atoms with Crippen LogP contribution in [0.25, 0.3) is 5.82 Å². The molecule has 2 aromatic rings. The minimum absolute atomic E-state index is 0.0742. The first-order valence-electron chi connectivity index (χ1n) is 7.39. The van der Waals surface area contributed by atoms with E-state index in [1.54, 1.807) is 28.7 Å². The zero-order valence-corrected chi connectivity index (χ0v) is 12.6. The number of piperidine rings is 1. The summed E-state index contributed by atoms with van der Waals surface area (Å²) in [5.74, 6) is -1.31. The average Bonchev–Trinajstić information content (AvgIpc) is 3.14. The number of nitrogens with zero attached hydrogens (tertiary/aromatic N) is 4. The summed E-state index contributed by atoms with van der Waals surface area (Å²) in [7, 11) is 1.70. The molecular weight excluding hydrogens is 309 g/mol. The molecule has 1 aliphatic rings. The van der Waals surface area contributed by atoms with Crippen molar-refractivity contribution in [3.63, 3.8) is 0 Å². The maximum absolute atomic E-state index is 12.9. The van der Waals surface area contributed by atoms with E-state index in [1.807, 2.05) is 12.1 Å². The predicted molar refractivity (Wildman–Crippen MR) is 77.2 cm³/mol. The lowest BCUT2D eigenvalue weighted by Crippen LogP contribution is -2.44. The van der Waals surface area contributed by atoms with Crippen LogP contribution in [0.2, 0.25) is 0 Å². The van der Waals surface area contributed by atoms with Gasteiger partial charge in [0.15, 0.2) is 0 Å². The fourth-order valence-corrected chi connectivity index (χ4v) is 2.96. The second-order valence-electron chi connectivity index (χ2n) is 5.73. The first kappa shape index (κ1) is 15.6. The third-order valence-electron chi connectivity index (χ3n) is 4.16. The van der Waals surface area contributed by atoms with E-state index in [1.165, 1.54) is 11.1 Å². The van der Waals surface area contributed by atoms with Crippen LogP contribution < -0.4 is 0 Å². The molecule has 1 aliphatic heterocycles. The van der Waals surface area contributed by atoms with Crippen molar-refractivity contribution in [3.05, 3.63) is 36.3 Å². The highest BCUT2D eigenvalue weighted by Crippen LogP contribution is 2.33. The van der Waals surface area contributed by atoms with Gasteiger partial charge in [0.25, 0.3) is 5.91 Å². The summed E-state index contributed by atoms with van der Waals surface area (Å²) in [5.41, 5.74) is 0.312. The minimum Gasteiger partial charge on any atom is -0.338 e. The van der Waals surface area contributed by atoms with Crippen LogP contribution in [-0.4, -0.2) is 44.4 Å². The Morgan fingerprint density at radius 1 is 1.30 bits per heavy atom. The third kappa shape index (κ3) is 2.97. The molecule has 0 radical (unpaired) electrons. The van der Waals surface area contributed by atoms with Crippen LogP contribution in [0.3, 0.4) is 0 Å². The Balaban J connectivity index is 1.87. The monoisotopic (exact) mass is 326 g/mol. The number of carbonyl (C=O) groups excluding carboxylic acids is 1. The van der Waals surface area contributed by atoms with E-state index in [-0.39, 0.29) is 13.0 Å². The van der Waals surface area contributed by atoms with Crippen LogP contribution in [0.15, 0.2) is 30.7 Å². The lowest BCUT2D eigenvalue weighted by Gasteiger charge is -2.33. The highest BCUT2D eigenvalue weighted by Gasteiger charge is 2.43. The first-order chi connectivity index (χ1) is 10.9. The molecule has 0 saturated carbocycles. The number of amides is 1. The second kappa shape index (κ2) is 5.75. The summed E-state index contributed by atoms with van der Waals surface area (Å²) >= 11 is 0. The topological polar surface area (TPSA) is 43.1 Å². The fraction of sp³-hybridized carbons (Fsp3) is 0.467. The highest BCUT2D eigenvalue weighted by molar-refractivity contribution is 5.97. The van der Waals surface area contributed by atoms with Crippen LogP contribution in [0.1, 0.15) is 23.2 Å². The lowest BCUT2D eigenvalue weighted by atomic mass is 9.97. The smallest absolute Gasteiger partial charge is 0.338 e. The van der Waals surface area contributed by atoms with Crippen LogP contribution in [0.5, 0.6) is 0 Å². The summed E-state index contributed by atoms with van der Waals surface area (Å²) in [6, 6.07) is 3.61. The van der Waals surface area contributed by atoms with Crippen molar-refractivity contribution < 1.29 is 18.0 Å².